The molecule has 0 radical (unpaired) electrons. The van der Waals surface area contributed by atoms with Crippen LogP contribution in [-0.4, -0.2) is 21.1 Å². The zero-order chi connectivity index (χ0) is 12.4. The van der Waals surface area contributed by atoms with Gasteiger partial charge in [0.2, 0.25) is 5.82 Å². The number of aryl methyl sites for hydroxylation is 2. The van der Waals surface area contributed by atoms with Gasteiger partial charge in [-0.15, -0.1) is 5.10 Å². The number of nitrogens with one attached hydrogen (secondary N) is 2. The Labute approximate surface area is 107 Å². The summed E-state index contributed by atoms with van der Waals surface area (Å²) in [6, 6.07) is 5.68. The minimum absolute atomic E-state index is 0.141. The molecule has 1 aromatic carbocycles. The van der Waals surface area contributed by atoms with Crippen molar-refractivity contribution in [3.8, 4) is 0 Å². The molecule has 0 aliphatic heterocycles. The fourth-order valence-corrected chi connectivity index (χ4v) is 1.71. The maximum absolute atomic E-state index is 11.8. The normalized spacial score (nSPS) is 10.3. The number of nitrogens with zero attached hydrogens (tertiary/aromatic N) is 2. The highest BCUT2D eigenvalue weighted by atomic mass is 79.9. The van der Waals surface area contributed by atoms with Crippen LogP contribution in [0, 0.1) is 13.8 Å². The maximum atomic E-state index is 11.8. The lowest BCUT2D eigenvalue weighted by Crippen LogP contribution is -2.14. The molecule has 0 fully saturated rings. The molecule has 1 heterocycles. The van der Waals surface area contributed by atoms with E-state index in [-0.39, 0.29) is 11.7 Å². The van der Waals surface area contributed by atoms with Crippen LogP contribution in [0.1, 0.15) is 22.0 Å². The predicted molar refractivity (Wildman–Crippen MR) is 68.0 cm³/mol. The van der Waals surface area contributed by atoms with E-state index in [0.717, 1.165) is 15.7 Å². The third-order valence-corrected chi connectivity index (χ3v) is 2.74. The van der Waals surface area contributed by atoms with E-state index in [9.17, 15) is 4.79 Å². The van der Waals surface area contributed by atoms with Crippen LogP contribution >= 0.6 is 15.9 Å². The highest BCUT2D eigenvalue weighted by Crippen LogP contribution is 2.20. The minimum Gasteiger partial charge on any atom is -0.319 e. The fraction of sp³-hybridized carbons (Fsp3) is 0.182. The van der Waals surface area contributed by atoms with Crippen LogP contribution in [0.2, 0.25) is 0 Å². The molecule has 0 saturated heterocycles. The number of amides is 1. The van der Waals surface area contributed by atoms with Crippen molar-refractivity contribution >= 4 is 27.5 Å². The van der Waals surface area contributed by atoms with Crippen molar-refractivity contribution in [3.63, 3.8) is 0 Å². The van der Waals surface area contributed by atoms with Crippen molar-refractivity contribution in [1.29, 1.82) is 0 Å². The summed E-state index contributed by atoms with van der Waals surface area (Å²) in [7, 11) is 0. The minimum atomic E-state index is -0.324. The van der Waals surface area contributed by atoms with Gasteiger partial charge in [0.25, 0.3) is 5.91 Å². The van der Waals surface area contributed by atoms with Gasteiger partial charge in [-0.3, -0.25) is 9.89 Å². The van der Waals surface area contributed by atoms with Crippen LogP contribution in [-0.2, 0) is 0 Å². The Hall–Kier alpha value is -1.69. The number of carbonyl (C=O) groups is 1. The van der Waals surface area contributed by atoms with Crippen LogP contribution in [0.25, 0.3) is 0 Å². The topological polar surface area (TPSA) is 70.7 Å². The summed E-state index contributed by atoms with van der Waals surface area (Å²) < 4.78 is 0.907. The lowest BCUT2D eigenvalue weighted by molar-refractivity contribution is 0.101. The number of hydrogen-bond donors (Lipinski definition) is 2. The van der Waals surface area contributed by atoms with Crippen LogP contribution < -0.4 is 5.32 Å². The molecule has 0 saturated carbocycles. The van der Waals surface area contributed by atoms with Crippen LogP contribution in [0.3, 0.4) is 0 Å². The molecule has 0 aliphatic rings. The van der Waals surface area contributed by atoms with E-state index in [4.69, 9.17) is 0 Å². The van der Waals surface area contributed by atoms with Crippen LogP contribution in [0.4, 0.5) is 5.69 Å². The molecule has 0 spiro atoms. The van der Waals surface area contributed by atoms with E-state index in [1.54, 1.807) is 6.92 Å². The van der Waals surface area contributed by atoms with Gasteiger partial charge in [-0.1, -0.05) is 22.0 Å². The summed E-state index contributed by atoms with van der Waals surface area (Å²) in [5.74, 6) is 0.429. The zero-order valence-corrected chi connectivity index (χ0v) is 11.0. The van der Waals surface area contributed by atoms with Gasteiger partial charge in [0.1, 0.15) is 5.82 Å². The van der Waals surface area contributed by atoms with E-state index < -0.39 is 0 Å². The van der Waals surface area contributed by atoms with Gasteiger partial charge in [0.15, 0.2) is 0 Å². The summed E-state index contributed by atoms with van der Waals surface area (Å²) in [4.78, 5) is 15.8. The average Bonchev–Trinajstić information content (AvgIpc) is 2.70. The molecular weight excluding hydrogens is 284 g/mol. The quantitative estimate of drug-likeness (QED) is 0.894. The van der Waals surface area contributed by atoms with Gasteiger partial charge in [0.05, 0.1) is 0 Å². The summed E-state index contributed by atoms with van der Waals surface area (Å²) in [6.45, 7) is 3.67. The second kappa shape index (κ2) is 4.67. The lowest BCUT2D eigenvalue weighted by Gasteiger charge is -2.06. The first-order chi connectivity index (χ1) is 8.06. The Morgan fingerprint density at radius 1 is 1.41 bits per heavy atom. The molecule has 1 amide bonds. The highest BCUT2D eigenvalue weighted by Gasteiger charge is 2.12. The molecule has 2 rings (SSSR count). The Morgan fingerprint density at radius 3 is 2.82 bits per heavy atom. The molecule has 17 heavy (non-hydrogen) atoms. The summed E-state index contributed by atoms with van der Waals surface area (Å²) >= 11 is 3.36. The molecule has 6 heteroatoms. The number of aromatic amines is 1. The Bertz CT molecular complexity index is 564. The summed E-state index contributed by atoms with van der Waals surface area (Å²) in [5, 5.41) is 9.20. The maximum Gasteiger partial charge on any atom is 0.295 e. The van der Waals surface area contributed by atoms with Crippen LogP contribution in [0.15, 0.2) is 22.7 Å². The molecule has 0 unspecified atom stereocenters. The first-order valence-corrected chi connectivity index (χ1v) is 5.82. The first-order valence-electron chi connectivity index (χ1n) is 5.03. The zero-order valence-electron chi connectivity index (χ0n) is 9.41. The number of carbonyl (C=O) groups excluding carboxylic acids is 1. The molecule has 0 bridgehead atoms. The third-order valence-electron chi connectivity index (χ3n) is 2.25. The van der Waals surface area contributed by atoms with E-state index >= 15 is 0 Å². The Kier molecular flexibility index (Phi) is 3.23. The van der Waals surface area contributed by atoms with Crippen LogP contribution in [0.5, 0.6) is 0 Å². The first kappa shape index (κ1) is 11.8. The lowest BCUT2D eigenvalue weighted by atomic mass is 10.2. The molecule has 5 nitrogen and oxygen atoms in total. The second-order valence-corrected chi connectivity index (χ2v) is 4.57. The van der Waals surface area contributed by atoms with E-state index in [1.807, 2.05) is 25.1 Å². The molecule has 0 aliphatic carbocycles. The molecule has 0 atom stereocenters. The van der Waals surface area contributed by atoms with Crippen molar-refractivity contribution in [2.75, 3.05) is 5.32 Å². The van der Waals surface area contributed by atoms with Crippen molar-refractivity contribution in [2.45, 2.75) is 13.8 Å². The summed E-state index contributed by atoms with van der Waals surface area (Å²) in [5.41, 5.74) is 1.72. The number of aromatic nitrogens is 3. The third kappa shape index (κ3) is 2.71. The molecule has 88 valence electrons. The van der Waals surface area contributed by atoms with Gasteiger partial charge in [0, 0.05) is 10.2 Å². The highest BCUT2D eigenvalue weighted by molar-refractivity contribution is 9.10. The SMILES string of the molecule is Cc1nc(C(=O)Nc2cc(Br)ccc2C)n[nH]1. The largest absolute Gasteiger partial charge is 0.319 e. The number of benzene rings is 1. The second-order valence-electron chi connectivity index (χ2n) is 3.66. The van der Waals surface area contributed by atoms with Gasteiger partial charge < -0.3 is 5.32 Å². The van der Waals surface area contributed by atoms with Gasteiger partial charge in [-0.05, 0) is 31.5 Å². The van der Waals surface area contributed by atoms with Crippen molar-refractivity contribution in [1.82, 2.24) is 15.2 Å². The molecule has 2 N–H and O–H groups in total. The van der Waals surface area contributed by atoms with Gasteiger partial charge in [-0.2, -0.15) is 0 Å². The van der Waals surface area contributed by atoms with Gasteiger partial charge in [-0.25, -0.2) is 4.98 Å². The van der Waals surface area contributed by atoms with E-state index in [1.165, 1.54) is 0 Å². The van der Waals surface area contributed by atoms with Crippen molar-refractivity contribution in [3.05, 3.63) is 39.9 Å². The fourth-order valence-electron chi connectivity index (χ4n) is 1.35. The average molecular weight is 295 g/mol. The van der Waals surface area contributed by atoms with Crippen molar-refractivity contribution in [2.24, 2.45) is 0 Å². The van der Waals surface area contributed by atoms with Gasteiger partial charge >= 0.3 is 0 Å². The van der Waals surface area contributed by atoms with E-state index in [0.29, 0.717) is 5.82 Å². The predicted octanol–water partition coefficient (Wildman–Crippen LogP) is 2.44. The standard InChI is InChI=1S/C11H11BrN4O/c1-6-3-4-8(12)5-9(6)14-11(17)10-13-7(2)15-16-10/h3-5H,1-2H3,(H,14,17)(H,13,15,16). The number of halogens is 1. The number of anilines is 1. The Morgan fingerprint density at radius 2 is 2.18 bits per heavy atom. The molecule has 2 aromatic rings. The number of rotatable bonds is 2. The molecule has 1 aromatic heterocycles. The van der Waals surface area contributed by atoms with Crippen molar-refractivity contribution < 1.29 is 4.79 Å². The Balaban J connectivity index is 2.21. The number of H-pyrrole nitrogens is 1. The summed E-state index contributed by atoms with van der Waals surface area (Å²) in [6.07, 6.45) is 0. The smallest absolute Gasteiger partial charge is 0.295 e. The monoisotopic (exact) mass is 294 g/mol. The molecular formula is C11H11BrN4O. The number of hydrogen-bond acceptors (Lipinski definition) is 3. The van der Waals surface area contributed by atoms with E-state index in [2.05, 4.69) is 36.4 Å².